The lowest BCUT2D eigenvalue weighted by Crippen LogP contribution is -2.47. The lowest BCUT2D eigenvalue weighted by atomic mass is 10.1. The Labute approximate surface area is 151 Å². The van der Waals surface area contributed by atoms with Crippen LogP contribution in [0.3, 0.4) is 0 Å². The van der Waals surface area contributed by atoms with Crippen molar-refractivity contribution in [3.05, 3.63) is 36.8 Å². The fourth-order valence-corrected chi connectivity index (χ4v) is 2.95. The maximum absolute atomic E-state index is 12.2. The van der Waals surface area contributed by atoms with E-state index in [-0.39, 0.29) is 18.2 Å². The number of nitrogens with one attached hydrogen (secondary N) is 3. The largest absolute Gasteiger partial charge is 0.450 e. The molecule has 0 spiro atoms. The van der Waals surface area contributed by atoms with E-state index in [9.17, 15) is 9.59 Å². The number of hydrogen-bond acceptors (Lipinski definition) is 4. The number of rotatable bonds is 4. The summed E-state index contributed by atoms with van der Waals surface area (Å²) < 4.78 is 5.00. The second kappa shape index (κ2) is 8.37. The molecule has 3 N–H and O–H groups in total. The van der Waals surface area contributed by atoms with Crippen LogP contribution in [0.5, 0.6) is 0 Å². The zero-order valence-corrected chi connectivity index (χ0v) is 14.7. The van der Waals surface area contributed by atoms with Crippen molar-refractivity contribution in [1.82, 2.24) is 20.2 Å². The third kappa shape index (κ3) is 4.53. The van der Waals surface area contributed by atoms with E-state index in [4.69, 9.17) is 4.74 Å². The second-order valence-corrected chi connectivity index (χ2v) is 6.10. The van der Waals surface area contributed by atoms with Crippen LogP contribution in [0.2, 0.25) is 0 Å². The van der Waals surface area contributed by atoms with E-state index >= 15 is 0 Å². The Morgan fingerprint density at radius 1 is 1.35 bits per heavy atom. The summed E-state index contributed by atoms with van der Waals surface area (Å²) in [6.45, 7) is 3.33. The summed E-state index contributed by atoms with van der Waals surface area (Å²) in [5.74, 6) is 0. The van der Waals surface area contributed by atoms with E-state index in [1.54, 1.807) is 24.3 Å². The van der Waals surface area contributed by atoms with Crippen LogP contribution in [0.1, 0.15) is 19.8 Å². The number of nitrogens with zero attached hydrogens (tertiary/aromatic N) is 2. The summed E-state index contributed by atoms with van der Waals surface area (Å²) in [6.07, 6.45) is 4.48. The minimum Gasteiger partial charge on any atom is -0.450 e. The number of amides is 3. The molecule has 0 radical (unpaired) electrons. The van der Waals surface area contributed by atoms with Crippen LogP contribution < -0.4 is 10.6 Å². The third-order valence-electron chi connectivity index (χ3n) is 4.29. The fraction of sp³-hybridized carbons (Fsp3) is 0.389. The number of hydrogen-bond donors (Lipinski definition) is 3. The molecule has 1 aromatic carbocycles. The van der Waals surface area contributed by atoms with Gasteiger partial charge in [0.05, 0.1) is 24.8 Å². The first-order valence-corrected chi connectivity index (χ1v) is 8.73. The summed E-state index contributed by atoms with van der Waals surface area (Å²) in [6, 6.07) is 7.34. The van der Waals surface area contributed by atoms with Crippen molar-refractivity contribution in [2.24, 2.45) is 0 Å². The topological polar surface area (TPSA) is 99.3 Å². The van der Waals surface area contributed by atoms with Gasteiger partial charge in [0.1, 0.15) is 0 Å². The molecule has 3 rings (SSSR count). The first-order valence-electron chi connectivity index (χ1n) is 8.73. The average Bonchev–Trinajstić information content (AvgIpc) is 3.17. The highest BCUT2D eigenvalue weighted by molar-refractivity contribution is 5.90. The van der Waals surface area contributed by atoms with Gasteiger partial charge in [0.25, 0.3) is 0 Å². The van der Waals surface area contributed by atoms with Gasteiger partial charge >= 0.3 is 12.1 Å². The van der Waals surface area contributed by atoms with Crippen molar-refractivity contribution in [3.63, 3.8) is 0 Å². The number of carbonyl (C=O) groups is 2. The molecule has 0 bridgehead atoms. The van der Waals surface area contributed by atoms with E-state index in [1.807, 2.05) is 24.3 Å². The van der Waals surface area contributed by atoms with Crippen LogP contribution in [0.25, 0.3) is 11.3 Å². The maximum atomic E-state index is 12.2. The molecule has 0 unspecified atom stereocenters. The molecule has 1 aliphatic rings. The highest BCUT2D eigenvalue weighted by Gasteiger charge is 2.24. The van der Waals surface area contributed by atoms with E-state index in [2.05, 4.69) is 20.6 Å². The molecule has 8 heteroatoms. The lowest BCUT2D eigenvalue weighted by molar-refractivity contribution is 0.0959. The van der Waals surface area contributed by atoms with E-state index < -0.39 is 0 Å². The highest BCUT2D eigenvalue weighted by Crippen LogP contribution is 2.20. The number of aromatic amines is 1. The van der Waals surface area contributed by atoms with Gasteiger partial charge in [-0.05, 0) is 31.9 Å². The Hall–Kier alpha value is -3.03. The van der Waals surface area contributed by atoms with Crippen molar-refractivity contribution in [2.45, 2.75) is 25.8 Å². The molecule has 1 aromatic heterocycles. The van der Waals surface area contributed by atoms with E-state index in [0.717, 1.165) is 11.3 Å². The quantitative estimate of drug-likeness (QED) is 0.783. The van der Waals surface area contributed by atoms with Crippen LogP contribution >= 0.6 is 0 Å². The average molecular weight is 357 g/mol. The van der Waals surface area contributed by atoms with Gasteiger partial charge in [-0.3, -0.25) is 0 Å². The summed E-state index contributed by atoms with van der Waals surface area (Å²) in [5.41, 5.74) is 2.54. The number of ether oxygens (including phenoxy) is 1. The Morgan fingerprint density at radius 2 is 2.15 bits per heavy atom. The van der Waals surface area contributed by atoms with E-state index in [1.165, 1.54) is 0 Å². The number of piperidine rings is 1. The van der Waals surface area contributed by atoms with Crippen LogP contribution in [0.4, 0.5) is 15.3 Å². The van der Waals surface area contributed by atoms with Crippen molar-refractivity contribution in [2.75, 3.05) is 25.0 Å². The van der Waals surface area contributed by atoms with Crippen LogP contribution in [-0.4, -0.2) is 52.7 Å². The van der Waals surface area contributed by atoms with Gasteiger partial charge in [0.2, 0.25) is 0 Å². The number of anilines is 1. The molecule has 1 fully saturated rings. The van der Waals surface area contributed by atoms with Crippen molar-refractivity contribution in [1.29, 1.82) is 0 Å². The van der Waals surface area contributed by atoms with Gasteiger partial charge in [0.15, 0.2) is 0 Å². The Bertz CT molecular complexity index is 739. The number of urea groups is 1. The second-order valence-electron chi connectivity index (χ2n) is 6.10. The Morgan fingerprint density at radius 3 is 2.85 bits per heavy atom. The molecule has 0 atom stereocenters. The lowest BCUT2D eigenvalue weighted by Gasteiger charge is -2.31. The molecule has 26 heavy (non-hydrogen) atoms. The van der Waals surface area contributed by atoms with Crippen molar-refractivity contribution in [3.8, 4) is 11.3 Å². The van der Waals surface area contributed by atoms with Gasteiger partial charge in [-0.15, -0.1) is 0 Å². The first-order chi connectivity index (χ1) is 12.7. The molecule has 0 aliphatic carbocycles. The molecule has 1 saturated heterocycles. The molecule has 2 aromatic rings. The minimum atomic E-state index is -0.286. The smallest absolute Gasteiger partial charge is 0.409 e. The van der Waals surface area contributed by atoms with Gasteiger partial charge in [0, 0.05) is 30.4 Å². The van der Waals surface area contributed by atoms with E-state index in [0.29, 0.717) is 38.2 Å². The predicted molar refractivity (Wildman–Crippen MR) is 97.8 cm³/mol. The first kappa shape index (κ1) is 17.8. The Kier molecular flexibility index (Phi) is 5.73. The van der Waals surface area contributed by atoms with Crippen molar-refractivity contribution < 1.29 is 14.3 Å². The number of H-pyrrole nitrogens is 1. The molecule has 1 aliphatic heterocycles. The number of benzene rings is 1. The molecule has 2 heterocycles. The van der Waals surface area contributed by atoms with Crippen molar-refractivity contribution >= 4 is 17.8 Å². The number of aromatic nitrogens is 2. The summed E-state index contributed by atoms with van der Waals surface area (Å²) >= 11 is 0. The third-order valence-corrected chi connectivity index (χ3v) is 4.29. The number of imidazole rings is 1. The zero-order chi connectivity index (χ0) is 18.4. The van der Waals surface area contributed by atoms with Gasteiger partial charge in [-0.2, -0.15) is 0 Å². The summed E-state index contributed by atoms with van der Waals surface area (Å²) in [7, 11) is 0. The van der Waals surface area contributed by atoms with Crippen LogP contribution in [0.15, 0.2) is 36.8 Å². The standard InChI is InChI=1S/C18H23N5O3/c1-2-26-18(25)23-8-6-14(7-9-23)21-17(24)22-15-5-3-4-13(10-15)16-11-19-12-20-16/h3-5,10-12,14H,2,6-9H2,1H3,(H,19,20)(H2,21,22,24). The summed E-state index contributed by atoms with van der Waals surface area (Å²) in [4.78, 5) is 32.7. The van der Waals surface area contributed by atoms with Crippen LogP contribution in [-0.2, 0) is 4.74 Å². The summed E-state index contributed by atoms with van der Waals surface area (Å²) in [5, 5.41) is 5.82. The zero-order valence-electron chi connectivity index (χ0n) is 14.7. The molecule has 0 saturated carbocycles. The molecule has 8 nitrogen and oxygen atoms in total. The van der Waals surface area contributed by atoms with Crippen LogP contribution in [0, 0.1) is 0 Å². The molecule has 138 valence electrons. The number of likely N-dealkylation sites (tertiary alicyclic amines) is 1. The minimum absolute atomic E-state index is 0.0384. The monoisotopic (exact) mass is 357 g/mol. The number of carbonyl (C=O) groups excluding carboxylic acids is 2. The van der Waals surface area contributed by atoms with Gasteiger partial charge < -0.3 is 25.3 Å². The molecule has 3 amide bonds. The van der Waals surface area contributed by atoms with Gasteiger partial charge in [-0.1, -0.05) is 12.1 Å². The highest BCUT2D eigenvalue weighted by atomic mass is 16.6. The fourth-order valence-electron chi connectivity index (χ4n) is 2.95. The molecular weight excluding hydrogens is 334 g/mol. The van der Waals surface area contributed by atoms with Gasteiger partial charge in [-0.25, -0.2) is 14.6 Å². The maximum Gasteiger partial charge on any atom is 0.409 e. The molecular formula is C18H23N5O3. The predicted octanol–water partition coefficient (Wildman–Crippen LogP) is 2.82. The Balaban J connectivity index is 1.49. The normalized spacial score (nSPS) is 14.7. The SMILES string of the molecule is CCOC(=O)N1CCC(NC(=O)Nc2cccc(-c3cnc[nH]3)c2)CC1.